The number of rotatable bonds is 3. The maximum Gasteiger partial charge on any atom is 0.324 e. The fourth-order valence-electron chi connectivity index (χ4n) is 3.42. The second-order valence-electron chi connectivity index (χ2n) is 5.78. The summed E-state index contributed by atoms with van der Waals surface area (Å²) in [5.74, 6) is -0.744. The van der Waals surface area contributed by atoms with Crippen LogP contribution in [0.25, 0.3) is 0 Å². The Bertz CT molecular complexity index is 511. The highest BCUT2D eigenvalue weighted by molar-refractivity contribution is 6.30. The minimum absolute atomic E-state index is 0.348. The van der Waals surface area contributed by atoms with Gasteiger partial charge in [-0.05, 0) is 36.1 Å². The maximum atomic E-state index is 11.8. The molecule has 1 unspecified atom stereocenters. The molecule has 1 fully saturated rings. The summed E-state index contributed by atoms with van der Waals surface area (Å²) in [4.78, 5) is 11.8. The van der Waals surface area contributed by atoms with E-state index in [4.69, 9.17) is 11.6 Å². The third kappa shape index (κ3) is 2.37. The lowest BCUT2D eigenvalue weighted by Gasteiger charge is -2.29. The molecule has 102 valence electrons. The van der Waals surface area contributed by atoms with Gasteiger partial charge in [0.05, 0.1) is 0 Å². The molecule has 0 bridgehead atoms. The standard InChI is InChI=1S/C15H18ClNO2/c16-12-6-5-10-8-15(14(18)19,9-11(10)7-12)17-13-3-1-2-4-13/h5-7,13,17H,1-4,8-9H2,(H,18,19). The van der Waals surface area contributed by atoms with Crippen molar-refractivity contribution in [3.8, 4) is 0 Å². The summed E-state index contributed by atoms with van der Waals surface area (Å²) in [6.45, 7) is 0. The van der Waals surface area contributed by atoms with E-state index >= 15 is 0 Å². The lowest BCUT2D eigenvalue weighted by atomic mass is 9.94. The molecule has 0 aliphatic heterocycles. The summed E-state index contributed by atoms with van der Waals surface area (Å²) in [7, 11) is 0. The Kier molecular flexibility index (Phi) is 3.27. The van der Waals surface area contributed by atoms with Gasteiger partial charge >= 0.3 is 5.97 Å². The van der Waals surface area contributed by atoms with Crippen LogP contribution >= 0.6 is 11.6 Å². The molecule has 2 N–H and O–H groups in total. The zero-order chi connectivity index (χ0) is 13.5. The quantitative estimate of drug-likeness (QED) is 0.894. The van der Waals surface area contributed by atoms with Crippen LogP contribution in [0.5, 0.6) is 0 Å². The normalized spacial score (nSPS) is 26.6. The highest BCUT2D eigenvalue weighted by Crippen LogP contribution is 2.34. The average Bonchev–Trinajstić information content (AvgIpc) is 2.96. The van der Waals surface area contributed by atoms with Gasteiger partial charge in [0.15, 0.2) is 0 Å². The lowest BCUT2D eigenvalue weighted by Crippen LogP contribution is -2.56. The van der Waals surface area contributed by atoms with E-state index in [0.717, 1.165) is 24.0 Å². The molecule has 0 amide bonds. The van der Waals surface area contributed by atoms with Crippen molar-refractivity contribution in [1.82, 2.24) is 5.32 Å². The van der Waals surface area contributed by atoms with E-state index in [0.29, 0.717) is 23.9 Å². The van der Waals surface area contributed by atoms with Crippen LogP contribution in [0.1, 0.15) is 36.8 Å². The Morgan fingerprint density at radius 3 is 2.63 bits per heavy atom. The van der Waals surface area contributed by atoms with Crippen molar-refractivity contribution in [2.45, 2.75) is 50.1 Å². The third-order valence-electron chi connectivity index (χ3n) is 4.40. The number of nitrogens with one attached hydrogen (secondary N) is 1. The molecule has 2 aliphatic carbocycles. The molecule has 1 aromatic rings. The van der Waals surface area contributed by atoms with Crippen LogP contribution in [0.4, 0.5) is 0 Å². The molecule has 1 saturated carbocycles. The number of aliphatic carboxylic acids is 1. The zero-order valence-electron chi connectivity index (χ0n) is 10.8. The van der Waals surface area contributed by atoms with E-state index in [1.807, 2.05) is 18.2 Å². The van der Waals surface area contributed by atoms with Crippen molar-refractivity contribution in [1.29, 1.82) is 0 Å². The van der Waals surface area contributed by atoms with Crippen LogP contribution in [0, 0.1) is 0 Å². The van der Waals surface area contributed by atoms with Crippen LogP contribution in [-0.2, 0) is 17.6 Å². The summed E-state index contributed by atoms with van der Waals surface area (Å²) in [5.41, 5.74) is 1.35. The number of benzene rings is 1. The van der Waals surface area contributed by atoms with Crippen molar-refractivity contribution < 1.29 is 9.90 Å². The van der Waals surface area contributed by atoms with Crippen molar-refractivity contribution >= 4 is 17.6 Å². The largest absolute Gasteiger partial charge is 0.480 e. The minimum Gasteiger partial charge on any atom is -0.480 e. The first kappa shape index (κ1) is 12.9. The number of carboxylic acid groups (broad SMARTS) is 1. The van der Waals surface area contributed by atoms with E-state index < -0.39 is 11.5 Å². The Morgan fingerprint density at radius 2 is 1.95 bits per heavy atom. The van der Waals surface area contributed by atoms with Gasteiger partial charge < -0.3 is 5.11 Å². The van der Waals surface area contributed by atoms with Crippen LogP contribution < -0.4 is 5.32 Å². The Hall–Kier alpha value is -1.06. The summed E-state index contributed by atoms with van der Waals surface area (Å²) < 4.78 is 0. The van der Waals surface area contributed by atoms with Crippen molar-refractivity contribution in [3.05, 3.63) is 34.3 Å². The van der Waals surface area contributed by atoms with E-state index in [9.17, 15) is 9.90 Å². The summed E-state index contributed by atoms with van der Waals surface area (Å²) >= 11 is 6.00. The van der Waals surface area contributed by atoms with Gasteiger partial charge in [-0.25, -0.2) is 0 Å². The fourth-order valence-corrected chi connectivity index (χ4v) is 3.61. The van der Waals surface area contributed by atoms with E-state index in [2.05, 4.69) is 5.32 Å². The van der Waals surface area contributed by atoms with Crippen LogP contribution in [0.2, 0.25) is 5.02 Å². The third-order valence-corrected chi connectivity index (χ3v) is 4.63. The number of hydrogen-bond donors (Lipinski definition) is 2. The monoisotopic (exact) mass is 279 g/mol. The Labute approximate surface area is 118 Å². The summed E-state index contributed by atoms with van der Waals surface area (Å²) in [6.07, 6.45) is 5.68. The van der Waals surface area contributed by atoms with Crippen molar-refractivity contribution in [2.24, 2.45) is 0 Å². The van der Waals surface area contributed by atoms with E-state index in [1.54, 1.807) is 0 Å². The molecule has 4 heteroatoms. The highest BCUT2D eigenvalue weighted by Gasteiger charge is 2.45. The smallest absolute Gasteiger partial charge is 0.324 e. The van der Waals surface area contributed by atoms with E-state index in [-0.39, 0.29) is 0 Å². The number of hydrogen-bond acceptors (Lipinski definition) is 2. The second kappa shape index (κ2) is 4.80. The number of halogens is 1. The van der Waals surface area contributed by atoms with Gasteiger partial charge in [-0.15, -0.1) is 0 Å². The predicted octanol–water partition coefficient (Wildman–Crippen LogP) is 2.79. The molecule has 3 nitrogen and oxygen atoms in total. The molecule has 2 aliphatic rings. The van der Waals surface area contributed by atoms with Gasteiger partial charge in [-0.1, -0.05) is 30.5 Å². The Balaban J connectivity index is 1.86. The van der Waals surface area contributed by atoms with E-state index in [1.165, 1.54) is 12.8 Å². The SMILES string of the molecule is O=C(O)C1(NC2CCCC2)Cc2ccc(Cl)cc2C1. The molecule has 0 saturated heterocycles. The molecule has 0 aromatic heterocycles. The van der Waals surface area contributed by atoms with Gasteiger partial charge in [-0.2, -0.15) is 0 Å². The second-order valence-corrected chi connectivity index (χ2v) is 6.22. The molecular formula is C15H18ClNO2. The van der Waals surface area contributed by atoms with Crippen molar-refractivity contribution in [3.63, 3.8) is 0 Å². The fraction of sp³-hybridized carbons (Fsp3) is 0.533. The summed E-state index contributed by atoms with van der Waals surface area (Å²) in [6, 6.07) is 6.05. The van der Waals surface area contributed by atoms with Crippen LogP contribution in [-0.4, -0.2) is 22.7 Å². The molecule has 3 rings (SSSR count). The number of carboxylic acids is 1. The zero-order valence-corrected chi connectivity index (χ0v) is 11.5. The van der Waals surface area contributed by atoms with Gasteiger partial charge in [0.1, 0.15) is 5.54 Å². The molecule has 19 heavy (non-hydrogen) atoms. The topological polar surface area (TPSA) is 49.3 Å². The molecule has 0 spiro atoms. The molecule has 1 atom stereocenters. The van der Waals surface area contributed by atoms with Crippen LogP contribution in [0.15, 0.2) is 18.2 Å². The van der Waals surface area contributed by atoms with Gasteiger partial charge in [0.25, 0.3) is 0 Å². The van der Waals surface area contributed by atoms with Gasteiger partial charge in [0, 0.05) is 23.9 Å². The maximum absolute atomic E-state index is 11.8. The first-order chi connectivity index (χ1) is 9.09. The van der Waals surface area contributed by atoms with Gasteiger partial charge in [-0.3, -0.25) is 10.1 Å². The van der Waals surface area contributed by atoms with Crippen molar-refractivity contribution in [2.75, 3.05) is 0 Å². The van der Waals surface area contributed by atoms with Gasteiger partial charge in [0.2, 0.25) is 0 Å². The first-order valence-electron chi connectivity index (χ1n) is 6.87. The number of carbonyl (C=O) groups is 1. The molecule has 1 aromatic carbocycles. The molecule has 0 radical (unpaired) electrons. The highest BCUT2D eigenvalue weighted by atomic mass is 35.5. The molecular weight excluding hydrogens is 262 g/mol. The predicted molar refractivity (Wildman–Crippen MR) is 74.6 cm³/mol. The summed E-state index contributed by atoms with van der Waals surface area (Å²) in [5, 5.41) is 13.8. The Morgan fingerprint density at radius 1 is 1.26 bits per heavy atom. The average molecular weight is 280 g/mol. The first-order valence-corrected chi connectivity index (χ1v) is 7.25. The van der Waals surface area contributed by atoms with Crippen LogP contribution in [0.3, 0.4) is 0 Å². The lowest BCUT2D eigenvalue weighted by molar-refractivity contribution is -0.144. The number of fused-ring (bicyclic) bond motifs is 1. The minimum atomic E-state index is -0.831. The molecule has 0 heterocycles.